The number of carbonyl (C=O) groups excluding carboxylic acids is 1. The topological polar surface area (TPSA) is 63.7 Å². The number of sulfonamides is 1. The first-order valence-corrected chi connectivity index (χ1v) is 9.63. The summed E-state index contributed by atoms with van der Waals surface area (Å²) in [6, 6.07) is 0. The zero-order valence-corrected chi connectivity index (χ0v) is 17.6. The summed E-state index contributed by atoms with van der Waals surface area (Å²) < 4.78 is 251. The van der Waals surface area contributed by atoms with Crippen LogP contribution in [0.2, 0.25) is 0 Å². The molecule has 0 aliphatic heterocycles. The van der Waals surface area contributed by atoms with E-state index in [1.54, 1.807) is 0 Å². The van der Waals surface area contributed by atoms with Gasteiger partial charge in [-0.2, -0.15) is 78.9 Å². The summed E-state index contributed by atoms with van der Waals surface area (Å²) in [6.45, 7) is -3.11. The molecule has 0 radical (unpaired) electrons. The van der Waals surface area contributed by atoms with Crippen LogP contribution in [0.25, 0.3) is 0 Å². The van der Waals surface area contributed by atoms with Crippen molar-refractivity contribution in [2.45, 2.75) is 53.9 Å². The standard InChI is InChI=1S/C13H10F17NO4S/c1-3-31(4-5(32)35-2)36(33,34)13(29,30)11(24,25)9(20,21)7(16,17)6(14,15)8(18,19)10(22,23)12(26,27)28/h3-4H2,1-2H3. The molecule has 0 bridgehead atoms. The fourth-order valence-corrected chi connectivity index (χ4v) is 3.44. The van der Waals surface area contributed by atoms with Gasteiger partial charge >= 0.3 is 52.9 Å². The maximum absolute atomic E-state index is 14.0. The van der Waals surface area contributed by atoms with E-state index in [9.17, 15) is 87.8 Å². The number of likely N-dealkylation sites (N-methyl/N-ethyl adjacent to an activating group) is 1. The maximum atomic E-state index is 14.0. The molecule has 0 aliphatic rings. The van der Waals surface area contributed by atoms with Crippen LogP contribution in [-0.2, 0) is 19.6 Å². The van der Waals surface area contributed by atoms with Gasteiger partial charge in [-0.3, -0.25) is 4.79 Å². The Labute approximate surface area is 188 Å². The molecule has 0 amide bonds. The summed E-state index contributed by atoms with van der Waals surface area (Å²) in [6.07, 6.45) is -7.91. The first-order valence-electron chi connectivity index (χ1n) is 8.19. The number of nitrogens with zero attached hydrogens (tertiary/aromatic N) is 1. The summed E-state index contributed by atoms with van der Waals surface area (Å²) in [7, 11) is -7.08. The fraction of sp³-hybridized carbons (Fsp3) is 0.923. The van der Waals surface area contributed by atoms with Gasteiger partial charge < -0.3 is 4.74 Å². The average molecular weight is 599 g/mol. The second-order valence-corrected chi connectivity index (χ2v) is 8.45. The monoisotopic (exact) mass is 599 g/mol. The lowest BCUT2D eigenvalue weighted by Gasteiger charge is -2.42. The van der Waals surface area contributed by atoms with E-state index in [1.807, 2.05) is 0 Å². The highest BCUT2D eigenvalue weighted by Gasteiger charge is 2.96. The third kappa shape index (κ3) is 4.42. The lowest BCUT2D eigenvalue weighted by atomic mass is 9.91. The Balaban J connectivity index is 7.02. The molecule has 0 saturated carbocycles. The van der Waals surface area contributed by atoms with Gasteiger partial charge in [0.05, 0.1) is 7.11 Å². The third-order valence-electron chi connectivity index (χ3n) is 4.24. The minimum absolute atomic E-state index is 0.434. The van der Waals surface area contributed by atoms with Gasteiger partial charge in [0.1, 0.15) is 6.54 Å². The van der Waals surface area contributed by atoms with Gasteiger partial charge in [-0.05, 0) is 0 Å². The largest absolute Gasteiger partial charge is 0.468 e. The number of hydrogen-bond acceptors (Lipinski definition) is 4. The molecule has 0 aliphatic carbocycles. The maximum Gasteiger partial charge on any atom is 0.460 e. The molecule has 216 valence electrons. The molecule has 0 aromatic heterocycles. The van der Waals surface area contributed by atoms with Gasteiger partial charge in [0.2, 0.25) is 0 Å². The van der Waals surface area contributed by atoms with E-state index >= 15 is 0 Å². The smallest absolute Gasteiger partial charge is 0.460 e. The van der Waals surface area contributed by atoms with Crippen LogP contribution in [-0.4, -0.2) is 85.9 Å². The number of methoxy groups -OCH3 is 1. The zero-order chi connectivity index (χ0) is 29.8. The van der Waals surface area contributed by atoms with E-state index in [1.165, 1.54) is 0 Å². The molecule has 0 rings (SSSR count). The van der Waals surface area contributed by atoms with Gasteiger partial charge in [-0.25, -0.2) is 8.42 Å². The van der Waals surface area contributed by atoms with Crippen LogP contribution in [0.15, 0.2) is 0 Å². The quantitative estimate of drug-likeness (QED) is 0.254. The van der Waals surface area contributed by atoms with Crippen molar-refractivity contribution in [1.29, 1.82) is 0 Å². The van der Waals surface area contributed by atoms with Crippen molar-refractivity contribution < 1.29 is 92.6 Å². The number of halogens is 17. The Hall–Kier alpha value is -1.81. The Bertz CT molecular complexity index is 927. The third-order valence-corrected chi connectivity index (χ3v) is 6.21. The van der Waals surface area contributed by atoms with E-state index < -0.39 is 80.4 Å². The normalized spacial score (nSPS) is 15.9. The minimum Gasteiger partial charge on any atom is -0.468 e. The van der Waals surface area contributed by atoms with E-state index in [0.717, 1.165) is 0 Å². The van der Waals surface area contributed by atoms with Crippen molar-refractivity contribution in [2.75, 3.05) is 20.2 Å². The Morgan fingerprint density at radius 1 is 0.639 bits per heavy atom. The second-order valence-electron chi connectivity index (χ2n) is 6.47. The summed E-state index contributed by atoms with van der Waals surface area (Å²) in [5.74, 6) is -53.9. The summed E-state index contributed by atoms with van der Waals surface area (Å²) >= 11 is 0. The highest BCUT2D eigenvalue weighted by molar-refractivity contribution is 7.90. The van der Waals surface area contributed by atoms with E-state index in [2.05, 4.69) is 4.74 Å². The van der Waals surface area contributed by atoms with Crippen LogP contribution in [0.3, 0.4) is 0 Å². The van der Waals surface area contributed by atoms with Crippen LogP contribution >= 0.6 is 0 Å². The molecular formula is C13H10F17NO4S. The lowest BCUT2D eigenvalue weighted by molar-refractivity contribution is -0.458. The molecule has 0 heterocycles. The number of rotatable bonds is 11. The highest BCUT2D eigenvalue weighted by Crippen LogP contribution is 2.64. The average Bonchev–Trinajstić information content (AvgIpc) is 2.69. The Morgan fingerprint density at radius 2 is 0.944 bits per heavy atom. The van der Waals surface area contributed by atoms with Gasteiger partial charge in [0.15, 0.2) is 0 Å². The summed E-state index contributed by atoms with van der Waals surface area (Å²) in [5.41, 5.74) is 0. The molecule has 0 aromatic carbocycles. The molecule has 5 nitrogen and oxygen atoms in total. The van der Waals surface area contributed by atoms with Gasteiger partial charge in [-0.1, -0.05) is 6.92 Å². The number of esters is 1. The highest BCUT2D eigenvalue weighted by atomic mass is 32.2. The fourth-order valence-electron chi connectivity index (χ4n) is 2.05. The molecule has 23 heteroatoms. The van der Waals surface area contributed by atoms with E-state index in [4.69, 9.17) is 0 Å². The summed E-state index contributed by atoms with van der Waals surface area (Å²) in [4.78, 5) is 11.0. The number of ether oxygens (including phenoxy) is 1. The number of hydrogen-bond donors (Lipinski definition) is 0. The van der Waals surface area contributed by atoms with Crippen LogP contribution in [0.4, 0.5) is 74.6 Å². The predicted molar refractivity (Wildman–Crippen MR) is 78.9 cm³/mol. The van der Waals surface area contributed by atoms with Crippen LogP contribution in [0.5, 0.6) is 0 Å². The van der Waals surface area contributed by atoms with Crippen molar-refractivity contribution in [1.82, 2.24) is 4.31 Å². The van der Waals surface area contributed by atoms with Crippen LogP contribution < -0.4 is 0 Å². The zero-order valence-electron chi connectivity index (χ0n) is 16.8. The van der Waals surface area contributed by atoms with Gasteiger partial charge in [-0.15, -0.1) is 0 Å². The number of alkyl halides is 17. The van der Waals surface area contributed by atoms with Crippen molar-refractivity contribution in [3.05, 3.63) is 0 Å². The van der Waals surface area contributed by atoms with Crippen molar-refractivity contribution in [3.8, 4) is 0 Å². The summed E-state index contributed by atoms with van der Waals surface area (Å²) in [5, 5.41) is -7.71. The number of carbonyl (C=O) groups is 1. The molecule has 0 aromatic rings. The minimum atomic E-state index is -8.92. The Morgan fingerprint density at radius 3 is 1.22 bits per heavy atom. The first-order chi connectivity index (χ1) is 15.4. The van der Waals surface area contributed by atoms with Crippen molar-refractivity contribution in [2.24, 2.45) is 0 Å². The lowest BCUT2D eigenvalue weighted by Crippen LogP contribution is -2.75. The molecule has 0 saturated heterocycles. The van der Waals surface area contributed by atoms with E-state index in [-0.39, 0.29) is 0 Å². The van der Waals surface area contributed by atoms with Crippen LogP contribution in [0, 0.1) is 0 Å². The first kappa shape index (κ1) is 34.2. The SMILES string of the molecule is CCN(CC(=O)OC)S(=O)(=O)C(F)(F)C(F)(F)C(F)(F)C(F)(F)C(F)(F)C(F)(F)C(F)(F)C(F)(F)F. The molecular weight excluding hydrogens is 589 g/mol. The molecule has 36 heavy (non-hydrogen) atoms. The van der Waals surface area contributed by atoms with Crippen molar-refractivity contribution in [3.63, 3.8) is 0 Å². The van der Waals surface area contributed by atoms with Crippen LogP contribution in [0.1, 0.15) is 6.92 Å². The second kappa shape index (κ2) is 9.19. The van der Waals surface area contributed by atoms with Gasteiger partial charge in [0, 0.05) is 6.54 Å². The van der Waals surface area contributed by atoms with E-state index in [0.29, 0.717) is 14.0 Å². The molecule has 0 N–H and O–H groups in total. The molecule has 0 fully saturated rings. The molecule has 0 unspecified atom stereocenters. The predicted octanol–water partition coefficient (Wildman–Crippen LogP) is 4.78. The van der Waals surface area contributed by atoms with Gasteiger partial charge in [0.25, 0.3) is 10.0 Å². The molecule has 0 atom stereocenters. The Kier molecular flexibility index (Phi) is 8.72. The van der Waals surface area contributed by atoms with Crippen molar-refractivity contribution >= 4 is 16.0 Å². The molecule has 0 spiro atoms.